The summed E-state index contributed by atoms with van der Waals surface area (Å²) in [5, 5.41) is 4.66. The SMILES string of the molecule is COc1ccc(S(=O)(=O)N2CCC3=Cc4c(cnn4-c4ccc(F)cc4)C[C@]3(CN3CCCCC3)C2)cc1. The van der Waals surface area contributed by atoms with E-state index in [1.54, 1.807) is 47.8 Å². The van der Waals surface area contributed by atoms with Crippen LogP contribution in [0.4, 0.5) is 4.39 Å². The predicted molar refractivity (Wildman–Crippen MR) is 144 cm³/mol. The van der Waals surface area contributed by atoms with Gasteiger partial charge in [-0.25, -0.2) is 17.5 Å². The minimum atomic E-state index is -3.66. The fourth-order valence-corrected chi connectivity index (χ4v) is 7.80. The fourth-order valence-electron chi connectivity index (χ4n) is 6.28. The summed E-state index contributed by atoms with van der Waals surface area (Å²) in [5.74, 6) is 0.353. The van der Waals surface area contributed by atoms with E-state index in [4.69, 9.17) is 4.74 Å². The molecule has 2 aliphatic heterocycles. The quantitative estimate of drug-likeness (QED) is 0.463. The molecule has 200 valence electrons. The van der Waals surface area contributed by atoms with E-state index in [-0.39, 0.29) is 11.2 Å². The smallest absolute Gasteiger partial charge is 0.243 e. The van der Waals surface area contributed by atoms with Crippen molar-refractivity contribution in [2.24, 2.45) is 5.41 Å². The first kappa shape index (κ1) is 25.3. The summed E-state index contributed by atoms with van der Waals surface area (Å²) in [6.07, 6.45) is 9.10. The van der Waals surface area contributed by atoms with Crippen LogP contribution in [0.5, 0.6) is 5.75 Å². The van der Waals surface area contributed by atoms with Gasteiger partial charge in [0.05, 0.1) is 29.6 Å². The van der Waals surface area contributed by atoms with Crippen LogP contribution < -0.4 is 4.74 Å². The Balaban J connectivity index is 1.36. The average Bonchev–Trinajstić information content (AvgIpc) is 3.34. The molecule has 2 aromatic carbocycles. The van der Waals surface area contributed by atoms with Crippen molar-refractivity contribution in [3.8, 4) is 11.4 Å². The van der Waals surface area contributed by atoms with Crippen LogP contribution in [0.1, 0.15) is 36.9 Å². The number of fused-ring (bicyclic) bond motifs is 2. The summed E-state index contributed by atoms with van der Waals surface area (Å²) < 4.78 is 49.8. The number of likely N-dealkylation sites (tertiary alicyclic amines) is 1. The molecule has 1 aromatic heterocycles. The van der Waals surface area contributed by atoms with Crippen LogP contribution in [0.3, 0.4) is 0 Å². The predicted octanol–water partition coefficient (Wildman–Crippen LogP) is 4.53. The van der Waals surface area contributed by atoms with Crippen molar-refractivity contribution in [3.05, 3.63) is 77.4 Å². The lowest BCUT2D eigenvalue weighted by molar-refractivity contribution is 0.115. The summed E-state index contributed by atoms with van der Waals surface area (Å²) in [4.78, 5) is 2.80. The summed E-state index contributed by atoms with van der Waals surface area (Å²) in [7, 11) is -2.09. The molecule has 0 unspecified atom stereocenters. The number of hydrogen-bond acceptors (Lipinski definition) is 5. The van der Waals surface area contributed by atoms with Crippen molar-refractivity contribution in [2.45, 2.75) is 37.0 Å². The Kier molecular flexibility index (Phi) is 6.62. The molecule has 0 spiro atoms. The Labute approximate surface area is 223 Å². The maximum Gasteiger partial charge on any atom is 0.243 e. The van der Waals surface area contributed by atoms with E-state index in [1.165, 1.54) is 37.0 Å². The zero-order valence-electron chi connectivity index (χ0n) is 21.6. The van der Waals surface area contributed by atoms with Gasteiger partial charge < -0.3 is 9.64 Å². The van der Waals surface area contributed by atoms with Crippen LogP contribution in [0, 0.1) is 11.2 Å². The number of ether oxygens (including phenoxy) is 1. The standard InChI is InChI=1S/C29H33FN4O3S/c1-37-26-9-11-27(12-10-26)38(35,36)33-16-13-23-17-28-22(19-31-34(28)25-7-5-24(30)6-8-25)18-29(23,21-33)20-32-14-3-2-4-15-32/h5-12,17,19H,2-4,13-16,18,20-21H2,1H3/t29-/m0/s1. The van der Waals surface area contributed by atoms with Gasteiger partial charge >= 0.3 is 0 Å². The van der Waals surface area contributed by atoms with Gasteiger partial charge in [0, 0.05) is 25.0 Å². The lowest BCUT2D eigenvalue weighted by Gasteiger charge is -2.48. The van der Waals surface area contributed by atoms with Crippen LogP contribution >= 0.6 is 0 Å². The van der Waals surface area contributed by atoms with Gasteiger partial charge in [-0.3, -0.25) is 0 Å². The highest BCUT2D eigenvalue weighted by molar-refractivity contribution is 7.89. The van der Waals surface area contributed by atoms with Crippen molar-refractivity contribution in [2.75, 3.05) is 39.8 Å². The zero-order chi connectivity index (χ0) is 26.3. The number of nitrogens with zero attached hydrogens (tertiary/aromatic N) is 4. The van der Waals surface area contributed by atoms with E-state index in [2.05, 4.69) is 16.1 Å². The highest BCUT2D eigenvalue weighted by Crippen LogP contribution is 2.46. The van der Waals surface area contributed by atoms with Crippen LogP contribution in [0.25, 0.3) is 11.8 Å². The Hall–Kier alpha value is -3.01. The molecule has 2 saturated heterocycles. The lowest BCUT2D eigenvalue weighted by Crippen LogP contribution is -2.54. The lowest BCUT2D eigenvalue weighted by atomic mass is 9.68. The summed E-state index contributed by atoms with van der Waals surface area (Å²) in [5.41, 5.74) is 3.87. The summed E-state index contributed by atoms with van der Waals surface area (Å²) in [6, 6.07) is 13.0. The molecule has 0 radical (unpaired) electrons. The Morgan fingerprint density at radius 1 is 1.00 bits per heavy atom. The third kappa shape index (κ3) is 4.57. The van der Waals surface area contributed by atoms with Gasteiger partial charge in [-0.05, 0) is 98.9 Å². The maximum absolute atomic E-state index is 13.8. The molecule has 0 amide bonds. The van der Waals surface area contributed by atoms with Gasteiger partial charge in [-0.15, -0.1) is 0 Å². The third-order valence-electron chi connectivity index (χ3n) is 8.26. The second-order valence-corrected chi connectivity index (χ2v) is 12.6. The normalized spacial score (nSPS) is 22.4. The topological polar surface area (TPSA) is 67.7 Å². The minimum Gasteiger partial charge on any atom is -0.497 e. The fraction of sp³-hybridized carbons (Fsp3) is 0.414. The van der Waals surface area contributed by atoms with Gasteiger partial charge in [0.1, 0.15) is 11.6 Å². The largest absolute Gasteiger partial charge is 0.497 e. The average molecular weight is 537 g/mol. The molecule has 7 nitrogen and oxygen atoms in total. The molecule has 6 rings (SSSR count). The van der Waals surface area contributed by atoms with Gasteiger partial charge in [0.25, 0.3) is 0 Å². The first-order valence-electron chi connectivity index (χ1n) is 13.3. The van der Waals surface area contributed by atoms with Crippen molar-refractivity contribution in [1.82, 2.24) is 19.0 Å². The van der Waals surface area contributed by atoms with Crippen LogP contribution in [-0.4, -0.2) is 67.2 Å². The van der Waals surface area contributed by atoms with Crippen molar-refractivity contribution >= 4 is 16.1 Å². The molecule has 0 saturated carbocycles. The van der Waals surface area contributed by atoms with Crippen molar-refractivity contribution < 1.29 is 17.5 Å². The van der Waals surface area contributed by atoms with Crippen molar-refractivity contribution in [1.29, 1.82) is 0 Å². The van der Waals surface area contributed by atoms with Gasteiger partial charge in [0.2, 0.25) is 10.0 Å². The zero-order valence-corrected chi connectivity index (χ0v) is 22.5. The number of hydrogen-bond donors (Lipinski definition) is 0. The van der Waals surface area contributed by atoms with E-state index in [9.17, 15) is 12.8 Å². The molecule has 1 aliphatic carbocycles. The van der Waals surface area contributed by atoms with E-state index in [0.29, 0.717) is 30.2 Å². The number of aromatic nitrogens is 2. The van der Waals surface area contributed by atoms with Crippen LogP contribution in [0.15, 0.2) is 65.2 Å². The maximum atomic E-state index is 13.8. The number of rotatable bonds is 6. The minimum absolute atomic E-state index is 0.279. The van der Waals surface area contributed by atoms with E-state index >= 15 is 0 Å². The van der Waals surface area contributed by atoms with Gasteiger partial charge in [0.15, 0.2) is 0 Å². The van der Waals surface area contributed by atoms with E-state index < -0.39 is 10.0 Å². The number of benzene rings is 2. The van der Waals surface area contributed by atoms with E-state index in [0.717, 1.165) is 43.0 Å². The van der Waals surface area contributed by atoms with Crippen LogP contribution in [-0.2, 0) is 16.4 Å². The second-order valence-electron chi connectivity index (χ2n) is 10.7. The second kappa shape index (κ2) is 9.94. The highest BCUT2D eigenvalue weighted by atomic mass is 32.2. The van der Waals surface area contributed by atoms with Gasteiger partial charge in [-0.1, -0.05) is 12.0 Å². The number of sulfonamides is 1. The molecular formula is C29H33FN4O3S. The molecule has 3 aromatic rings. The number of halogens is 1. The molecule has 3 aliphatic rings. The molecule has 9 heteroatoms. The molecule has 0 bridgehead atoms. The van der Waals surface area contributed by atoms with Gasteiger partial charge in [-0.2, -0.15) is 9.40 Å². The molecular weight excluding hydrogens is 503 g/mol. The Bertz CT molecular complexity index is 1440. The molecule has 0 N–H and O–H groups in total. The van der Waals surface area contributed by atoms with E-state index in [1.807, 2.05) is 10.9 Å². The number of methoxy groups -OCH3 is 1. The Morgan fingerprint density at radius 3 is 2.45 bits per heavy atom. The molecule has 1 atom stereocenters. The van der Waals surface area contributed by atoms with Crippen LogP contribution in [0.2, 0.25) is 0 Å². The molecule has 38 heavy (non-hydrogen) atoms. The molecule has 2 fully saturated rings. The van der Waals surface area contributed by atoms with Crippen molar-refractivity contribution in [3.63, 3.8) is 0 Å². The summed E-state index contributed by atoms with van der Waals surface area (Å²) >= 11 is 0. The molecule has 3 heterocycles. The first-order valence-corrected chi connectivity index (χ1v) is 14.7. The Morgan fingerprint density at radius 2 is 1.74 bits per heavy atom. The highest BCUT2D eigenvalue weighted by Gasteiger charge is 2.47. The summed E-state index contributed by atoms with van der Waals surface area (Å²) in [6.45, 7) is 3.78. The first-order chi connectivity index (χ1) is 18.4. The monoisotopic (exact) mass is 536 g/mol. The third-order valence-corrected chi connectivity index (χ3v) is 10.1. The number of piperidine rings is 2.